The summed E-state index contributed by atoms with van der Waals surface area (Å²) in [6, 6.07) is 0.540. The van der Waals surface area contributed by atoms with Crippen LogP contribution in [0.1, 0.15) is 39.5 Å². The second-order valence-electron chi connectivity index (χ2n) is 5.62. The molecule has 0 saturated carbocycles. The highest BCUT2D eigenvalue weighted by molar-refractivity contribution is 5.78. The fraction of sp³-hybridized carbons (Fsp3) is 0.923. The average molecular weight is 224 g/mol. The van der Waals surface area contributed by atoms with Crippen molar-refractivity contribution in [2.75, 3.05) is 26.2 Å². The summed E-state index contributed by atoms with van der Waals surface area (Å²) in [5.74, 6) is 1.15. The Hall–Kier alpha value is -0.570. The molecule has 92 valence electrons. The van der Waals surface area contributed by atoms with E-state index in [1.54, 1.807) is 0 Å². The molecule has 0 N–H and O–H groups in total. The van der Waals surface area contributed by atoms with Crippen LogP contribution < -0.4 is 0 Å². The van der Waals surface area contributed by atoms with E-state index in [1.807, 2.05) is 0 Å². The maximum atomic E-state index is 11.6. The predicted molar refractivity (Wildman–Crippen MR) is 65.2 cm³/mol. The predicted octanol–water partition coefficient (Wildman–Crippen LogP) is 1.73. The van der Waals surface area contributed by atoms with Crippen LogP contribution in [-0.4, -0.2) is 47.9 Å². The maximum absolute atomic E-state index is 11.6. The Morgan fingerprint density at radius 3 is 2.44 bits per heavy atom. The van der Waals surface area contributed by atoms with Crippen molar-refractivity contribution in [1.82, 2.24) is 9.80 Å². The van der Waals surface area contributed by atoms with Gasteiger partial charge in [-0.15, -0.1) is 0 Å². The van der Waals surface area contributed by atoms with Crippen LogP contribution in [0.2, 0.25) is 0 Å². The molecule has 0 aliphatic carbocycles. The lowest BCUT2D eigenvalue weighted by Crippen LogP contribution is -2.46. The van der Waals surface area contributed by atoms with Crippen LogP contribution in [0.25, 0.3) is 0 Å². The SMILES string of the molecule is CC(C)CN1CCC(N2CCCC2=O)CC1. The smallest absolute Gasteiger partial charge is 0.222 e. The topological polar surface area (TPSA) is 23.6 Å². The third-order valence-corrected chi connectivity index (χ3v) is 3.73. The number of amides is 1. The highest BCUT2D eigenvalue weighted by Gasteiger charge is 2.30. The number of rotatable bonds is 3. The summed E-state index contributed by atoms with van der Waals surface area (Å²) in [7, 11) is 0. The van der Waals surface area contributed by atoms with Gasteiger partial charge in [-0.1, -0.05) is 13.8 Å². The standard InChI is InChI=1S/C13H24N2O/c1-11(2)10-14-8-5-12(6-9-14)15-7-3-4-13(15)16/h11-12H,3-10H2,1-2H3. The Labute approximate surface area is 98.8 Å². The van der Waals surface area contributed by atoms with Gasteiger partial charge in [0.2, 0.25) is 5.91 Å². The van der Waals surface area contributed by atoms with Gasteiger partial charge < -0.3 is 9.80 Å². The number of nitrogens with zero attached hydrogens (tertiary/aromatic N) is 2. The molecule has 2 fully saturated rings. The van der Waals surface area contributed by atoms with Crippen molar-refractivity contribution in [3.05, 3.63) is 0 Å². The summed E-state index contributed by atoms with van der Waals surface area (Å²) >= 11 is 0. The molecule has 0 bridgehead atoms. The molecule has 0 unspecified atom stereocenters. The third-order valence-electron chi connectivity index (χ3n) is 3.73. The van der Waals surface area contributed by atoms with E-state index in [2.05, 4.69) is 23.6 Å². The van der Waals surface area contributed by atoms with Crippen molar-refractivity contribution in [3.8, 4) is 0 Å². The lowest BCUT2D eigenvalue weighted by Gasteiger charge is -2.37. The van der Waals surface area contributed by atoms with Crippen molar-refractivity contribution in [2.45, 2.75) is 45.6 Å². The molecule has 3 heteroatoms. The van der Waals surface area contributed by atoms with Gasteiger partial charge in [-0.3, -0.25) is 4.79 Å². The minimum atomic E-state index is 0.391. The molecule has 0 spiro atoms. The molecule has 0 aromatic rings. The van der Waals surface area contributed by atoms with Crippen molar-refractivity contribution in [2.24, 2.45) is 5.92 Å². The summed E-state index contributed by atoms with van der Waals surface area (Å²) in [5.41, 5.74) is 0. The average Bonchev–Trinajstić information content (AvgIpc) is 2.65. The zero-order valence-corrected chi connectivity index (χ0v) is 10.6. The number of hydrogen-bond donors (Lipinski definition) is 0. The molecule has 1 amide bonds. The number of hydrogen-bond acceptors (Lipinski definition) is 2. The van der Waals surface area contributed by atoms with E-state index in [4.69, 9.17) is 0 Å². The highest BCUT2D eigenvalue weighted by Crippen LogP contribution is 2.22. The van der Waals surface area contributed by atoms with E-state index in [9.17, 15) is 4.79 Å². The minimum Gasteiger partial charge on any atom is -0.340 e. The van der Waals surface area contributed by atoms with Gasteiger partial charge in [0, 0.05) is 38.6 Å². The van der Waals surface area contributed by atoms with Crippen LogP contribution in [0, 0.1) is 5.92 Å². The van der Waals surface area contributed by atoms with E-state index in [1.165, 1.54) is 32.5 Å². The van der Waals surface area contributed by atoms with Crippen molar-refractivity contribution in [3.63, 3.8) is 0 Å². The fourth-order valence-electron chi connectivity index (χ4n) is 2.99. The largest absolute Gasteiger partial charge is 0.340 e. The van der Waals surface area contributed by atoms with Crippen molar-refractivity contribution in [1.29, 1.82) is 0 Å². The molecule has 0 atom stereocenters. The molecule has 2 saturated heterocycles. The fourth-order valence-corrected chi connectivity index (χ4v) is 2.99. The van der Waals surface area contributed by atoms with Gasteiger partial charge in [0.25, 0.3) is 0 Å². The van der Waals surface area contributed by atoms with Gasteiger partial charge in [-0.25, -0.2) is 0 Å². The first-order chi connectivity index (χ1) is 7.66. The van der Waals surface area contributed by atoms with Gasteiger partial charge in [-0.05, 0) is 25.2 Å². The molecule has 2 aliphatic heterocycles. The third kappa shape index (κ3) is 2.76. The maximum Gasteiger partial charge on any atom is 0.222 e. The molecule has 16 heavy (non-hydrogen) atoms. The lowest BCUT2D eigenvalue weighted by molar-refractivity contribution is -0.130. The Balaban J connectivity index is 1.78. The highest BCUT2D eigenvalue weighted by atomic mass is 16.2. The van der Waals surface area contributed by atoms with E-state index in [0.717, 1.165) is 25.3 Å². The van der Waals surface area contributed by atoms with Gasteiger partial charge in [0.15, 0.2) is 0 Å². The zero-order valence-electron chi connectivity index (χ0n) is 10.6. The zero-order chi connectivity index (χ0) is 11.5. The molecular formula is C13H24N2O. The van der Waals surface area contributed by atoms with Crippen LogP contribution in [-0.2, 0) is 4.79 Å². The second kappa shape index (κ2) is 5.17. The number of piperidine rings is 1. The quantitative estimate of drug-likeness (QED) is 0.729. The first-order valence-electron chi connectivity index (χ1n) is 6.68. The first kappa shape index (κ1) is 11.9. The molecule has 0 aromatic heterocycles. The molecule has 0 radical (unpaired) electrons. The van der Waals surface area contributed by atoms with Crippen LogP contribution in [0.4, 0.5) is 0 Å². The molecule has 2 aliphatic rings. The van der Waals surface area contributed by atoms with Gasteiger partial charge in [-0.2, -0.15) is 0 Å². The number of carbonyl (C=O) groups is 1. The summed E-state index contributed by atoms with van der Waals surface area (Å²) in [5, 5.41) is 0. The van der Waals surface area contributed by atoms with Gasteiger partial charge in [0.05, 0.1) is 0 Å². The molecule has 0 aromatic carbocycles. The van der Waals surface area contributed by atoms with Gasteiger partial charge in [0.1, 0.15) is 0 Å². The van der Waals surface area contributed by atoms with Crippen LogP contribution >= 0.6 is 0 Å². The number of likely N-dealkylation sites (tertiary alicyclic amines) is 2. The second-order valence-corrected chi connectivity index (χ2v) is 5.62. The van der Waals surface area contributed by atoms with Crippen LogP contribution in [0.15, 0.2) is 0 Å². The van der Waals surface area contributed by atoms with E-state index in [0.29, 0.717) is 11.9 Å². The van der Waals surface area contributed by atoms with Crippen LogP contribution in [0.5, 0.6) is 0 Å². The minimum absolute atomic E-state index is 0.391. The summed E-state index contributed by atoms with van der Waals surface area (Å²) in [6.07, 6.45) is 4.22. The molecule has 3 nitrogen and oxygen atoms in total. The van der Waals surface area contributed by atoms with E-state index >= 15 is 0 Å². The Morgan fingerprint density at radius 1 is 1.25 bits per heavy atom. The van der Waals surface area contributed by atoms with Crippen molar-refractivity contribution >= 4 is 5.91 Å². The number of carbonyl (C=O) groups excluding carboxylic acids is 1. The van der Waals surface area contributed by atoms with E-state index < -0.39 is 0 Å². The normalized spacial score (nSPS) is 24.7. The Morgan fingerprint density at radius 2 is 1.94 bits per heavy atom. The molecule has 2 rings (SSSR count). The molecule has 2 heterocycles. The van der Waals surface area contributed by atoms with Crippen LogP contribution in [0.3, 0.4) is 0 Å². The van der Waals surface area contributed by atoms with E-state index in [-0.39, 0.29) is 0 Å². The summed E-state index contributed by atoms with van der Waals surface area (Å²) in [4.78, 5) is 16.3. The Bertz CT molecular complexity index is 244. The van der Waals surface area contributed by atoms with Crippen molar-refractivity contribution < 1.29 is 4.79 Å². The summed E-state index contributed by atoms with van der Waals surface area (Å²) < 4.78 is 0. The lowest BCUT2D eigenvalue weighted by atomic mass is 10.0. The first-order valence-corrected chi connectivity index (χ1v) is 6.68. The Kier molecular flexibility index (Phi) is 3.85. The summed E-state index contributed by atoms with van der Waals surface area (Å²) in [6.45, 7) is 9.11. The monoisotopic (exact) mass is 224 g/mol. The van der Waals surface area contributed by atoms with Gasteiger partial charge >= 0.3 is 0 Å². The molecular weight excluding hydrogens is 200 g/mol.